The standard InChI is InChI=1S/C29H35F2N7O3/c1-19(29(40,16-37-18-32-17-33-37)24-7-5-21(30)14-25(24)31)38-15-20-13-23(6-8-26(20)35-38)34-22-9-11-36(12-10-22)27(39)41-28(2,3)4/h5-8,13-15,17-19,22,34,40H,9-12,16H2,1-4H3/t19-,29-/m1/s1. The molecule has 2 aromatic heterocycles. The first kappa shape index (κ1) is 28.5. The number of hydrogen-bond donors (Lipinski definition) is 2. The minimum atomic E-state index is -1.82. The van der Waals surface area contributed by atoms with Gasteiger partial charge in [0.15, 0.2) is 0 Å². The molecule has 1 fully saturated rings. The van der Waals surface area contributed by atoms with Gasteiger partial charge in [-0.3, -0.25) is 4.68 Å². The van der Waals surface area contributed by atoms with E-state index in [1.807, 2.05) is 39.0 Å². The van der Waals surface area contributed by atoms with E-state index in [4.69, 9.17) is 4.74 Å². The molecule has 2 aromatic carbocycles. The van der Waals surface area contributed by atoms with Crippen molar-refractivity contribution in [1.82, 2.24) is 29.4 Å². The highest BCUT2D eigenvalue weighted by Gasteiger charge is 2.41. The molecule has 1 aliphatic heterocycles. The van der Waals surface area contributed by atoms with Crippen LogP contribution in [0.5, 0.6) is 0 Å². The van der Waals surface area contributed by atoms with Crippen molar-refractivity contribution in [2.45, 2.75) is 70.4 Å². The van der Waals surface area contributed by atoms with Crippen molar-refractivity contribution in [2.24, 2.45) is 0 Å². The molecule has 1 aliphatic rings. The van der Waals surface area contributed by atoms with Gasteiger partial charge in [-0.05, 0) is 64.8 Å². The van der Waals surface area contributed by atoms with Crippen LogP contribution in [0.2, 0.25) is 0 Å². The summed E-state index contributed by atoms with van der Waals surface area (Å²) in [5, 5.41) is 25.0. The monoisotopic (exact) mass is 567 g/mol. The zero-order valence-corrected chi connectivity index (χ0v) is 23.6. The minimum Gasteiger partial charge on any atom is -0.444 e. The number of carbonyl (C=O) groups is 1. The van der Waals surface area contributed by atoms with Crippen molar-refractivity contribution in [3.8, 4) is 0 Å². The maximum absolute atomic E-state index is 15.0. The molecule has 0 saturated carbocycles. The van der Waals surface area contributed by atoms with E-state index < -0.39 is 28.9 Å². The minimum absolute atomic E-state index is 0.0680. The topological polar surface area (TPSA) is 110 Å². The summed E-state index contributed by atoms with van der Waals surface area (Å²) in [7, 11) is 0. The SMILES string of the molecule is C[C@@H](n1cc2cc(NC3CCN(C(=O)OC(C)(C)C)CC3)ccc2n1)[C@](O)(Cn1cncn1)c1ccc(F)cc1F. The first-order valence-corrected chi connectivity index (χ1v) is 13.6. The van der Waals surface area contributed by atoms with Gasteiger partial charge in [0.05, 0.1) is 18.1 Å². The number of carbonyl (C=O) groups excluding carboxylic acids is 1. The molecule has 5 rings (SSSR count). The van der Waals surface area contributed by atoms with Gasteiger partial charge in [0.1, 0.15) is 35.5 Å². The van der Waals surface area contributed by atoms with E-state index in [0.717, 1.165) is 36.0 Å². The van der Waals surface area contributed by atoms with Crippen LogP contribution in [0.25, 0.3) is 10.9 Å². The maximum atomic E-state index is 15.0. The van der Waals surface area contributed by atoms with Crippen LogP contribution in [0.4, 0.5) is 19.3 Å². The molecule has 0 unspecified atom stereocenters. The van der Waals surface area contributed by atoms with Crippen LogP contribution in [0.15, 0.2) is 55.2 Å². The van der Waals surface area contributed by atoms with E-state index in [1.54, 1.807) is 22.7 Å². The fraction of sp³-hybridized carbons (Fsp3) is 0.448. The van der Waals surface area contributed by atoms with Gasteiger partial charge in [0.25, 0.3) is 0 Å². The number of benzene rings is 2. The molecule has 0 bridgehead atoms. The molecule has 4 aromatic rings. The van der Waals surface area contributed by atoms with Gasteiger partial charge in [-0.25, -0.2) is 23.2 Å². The highest BCUT2D eigenvalue weighted by Crippen LogP contribution is 2.37. The van der Waals surface area contributed by atoms with E-state index in [9.17, 15) is 18.7 Å². The summed E-state index contributed by atoms with van der Waals surface area (Å²) in [5.41, 5.74) is -0.811. The van der Waals surface area contributed by atoms with E-state index in [1.165, 1.54) is 23.4 Å². The number of likely N-dealkylation sites (tertiary alicyclic amines) is 1. The lowest BCUT2D eigenvalue weighted by Gasteiger charge is -2.34. The quantitative estimate of drug-likeness (QED) is 0.328. The Hall–Kier alpha value is -4.06. The fourth-order valence-electron chi connectivity index (χ4n) is 5.16. The van der Waals surface area contributed by atoms with Crippen molar-refractivity contribution in [3.63, 3.8) is 0 Å². The molecule has 0 radical (unpaired) electrons. The molecule has 2 N–H and O–H groups in total. The molecule has 10 nitrogen and oxygen atoms in total. The Labute approximate surface area is 236 Å². The maximum Gasteiger partial charge on any atom is 0.410 e. The first-order chi connectivity index (χ1) is 19.4. The molecular formula is C29H35F2N7O3. The van der Waals surface area contributed by atoms with Crippen molar-refractivity contribution in [3.05, 3.63) is 72.4 Å². The van der Waals surface area contributed by atoms with Gasteiger partial charge in [-0.15, -0.1) is 0 Å². The van der Waals surface area contributed by atoms with Crippen molar-refractivity contribution in [1.29, 1.82) is 0 Å². The van der Waals surface area contributed by atoms with Crippen LogP contribution in [-0.2, 0) is 16.9 Å². The predicted molar refractivity (Wildman–Crippen MR) is 149 cm³/mol. The number of nitrogens with zero attached hydrogens (tertiary/aromatic N) is 6. The summed E-state index contributed by atoms with van der Waals surface area (Å²) < 4.78 is 37.1. The number of halogens is 2. The third-order valence-corrected chi connectivity index (χ3v) is 7.39. The van der Waals surface area contributed by atoms with Gasteiger partial charge in [0.2, 0.25) is 0 Å². The molecule has 41 heavy (non-hydrogen) atoms. The number of ether oxygens (including phenoxy) is 1. The van der Waals surface area contributed by atoms with E-state index in [2.05, 4.69) is 20.5 Å². The average molecular weight is 568 g/mol. The Morgan fingerprint density at radius 2 is 1.93 bits per heavy atom. The van der Waals surface area contributed by atoms with Crippen LogP contribution < -0.4 is 5.32 Å². The second-order valence-electron chi connectivity index (χ2n) is 11.6. The third-order valence-electron chi connectivity index (χ3n) is 7.39. The van der Waals surface area contributed by atoms with Crippen LogP contribution in [0, 0.1) is 11.6 Å². The lowest BCUT2D eigenvalue weighted by molar-refractivity contribution is -0.0366. The van der Waals surface area contributed by atoms with Crippen LogP contribution >= 0.6 is 0 Å². The lowest BCUT2D eigenvalue weighted by atomic mass is 9.86. The summed E-state index contributed by atoms with van der Waals surface area (Å²) in [4.78, 5) is 18.0. The number of aliphatic hydroxyl groups is 1. The van der Waals surface area contributed by atoms with Gasteiger partial charge >= 0.3 is 6.09 Å². The van der Waals surface area contributed by atoms with Crippen LogP contribution in [0.1, 0.15) is 52.1 Å². The van der Waals surface area contributed by atoms with Gasteiger partial charge in [0, 0.05) is 48.0 Å². The van der Waals surface area contributed by atoms with E-state index >= 15 is 0 Å². The number of aromatic nitrogens is 5. The Balaban J connectivity index is 1.33. The fourth-order valence-corrected chi connectivity index (χ4v) is 5.16. The Kier molecular flexibility index (Phi) is 7.69. The number of rotatable bonds is 7. The Morgan fingerprint density at radius 1 is 1.17 bits per heavy atom. The first-order valence-electron chi connectivity index (χ1n) is 13.6. The van der Waals surface area contributed by atoms with Gasteiger partial charge < -0.3 is 20.1 Å². The van der Waals surface area contributed by atoms with Gasteiger partial charge in [-0.1, -0.05) is 6.07 Å². The zero-order chi connectivity index (χ0) is 29.4. The number of nitrogens with one attached hydrogen (secondary N) is 1. The smallest absolute Gasteiger partial charge is 0.410 e. The average Bonchev–Trinajstić information content (AvgIpc) is 3.57. The largest absolute Gasteiger partial charge is 0.444 e. The van der Waals surface area contributed by atoms with E-state index in [-0.39, 0.29) is 24.2 Å². The number of fused-ring (bicyclic) bond motifs is 1. The summed E-state index contributed by atoms with van der Waals surface area (Å²) in [6.45, 7) is 8.39. The highest BCUT2D eigenvalue weighted by molar-refractivity contribution is 5.82. The highest BCUT2D eigenvalue weighted by atomic mass is 19.1. The van der Waals surface area contributed by atoms with Crippen molar-refractivity contribution in [2.75, 3.05) is 18.4 Å². The number of anilines is 1. The lowest BCUT2D eigenvalue weighted by Crippen LogP contribution is -2.44. The molecule has 2 atom stereocenters. The van der Waals surface area contributed by atoms with Crippen molar-refractivity contribution < 1.29 is 23.4 Å². The predicted octanol–water partition coefficient (Wildman–Crippen LogP) is 4.87. The summed E-state index contributed by atoms with van der Waals surface area (Å²) in [6, 6.07) is 8.34. The van der Waals surface area contributed by atoms with Crippen LogP contribution in [0.3, 0.4) is 0 Å². The molecule has 3 heterocycles. The van der Waals surface area contributed by atoms with Crippen LogP contribution in [-0.4, -0.2) is 65.4 Å². The second-order valence-corrected chi connectivity index (χ2v) is 11.6. The number of hydrogen-bond acceptors (Lipinski definition) is 7. The molecule has 1 saturated heterocycles. The number of amides is 1. The Morgan fingerprint density at radius 3 is 2.59 bits per heavy atom. The molecule has 218 valence electrons. The molecule has 1 amide bonds. The summed E-state index contributed by atoms with van der Waals surface area (Å²) in [6.07, 6.45) is 5.82. The summed E-state index contributed by atoms with van der Waals surface area (Å²) >= 11 is 0. The van der Waals surface area contributed by atoms with E-state index in [0.29, 0.717) is 18.6 Å². The zero-order valence-electron chi connectivity index (χ0n) is 23.6. The third kappa shape index (κ3) is 6.32. The molecule has 0 spiro atoms. The Bertz CT molecular complexity index is 1510. The summed E-state index contributed by atoms with van der Waals surface area (Å²) in [5.74, 6) is -1.59. The molecular weight excluding hydrogens is 532 g/mol. The molecule has 12 heteroatoms. The normalized spacial score (nSPS) is 16.9. The van der Waals surface area contributed by atoms with Crippen molar-refractivity contribution >= 4 is 22.7 Å². The second kappa shape index (κ2) is 11.1. The number of piperidine rings is 1. The van der Waals surface area contributed by atoms with Gasteiger partial charge in [-0.2, -0.15) is 10.2 Å². The molecule has 0 aliphatic carbocycles.